The first-order chi connectivity index (χ1) is 10.6. The van der Waals surface area contributed by atoms with Gasteiger partial charge in [-0.2, -0.15) is 0 Å². The molecule has 5 heteroatoms. The minimum Gasteiger partial charge on any atom is -0.481 e. The molecule has 5 nitrogen and oxygen atoms in total. The Labute approximate surface area is 128 Å². The molecule has 2 N–H and O–H groups in total. The van der Waals surface area contributed by atoms with E-state index < -0.39 is 11.9 Å². The van der Waals surface area contributed by atoms with Crippen molar-refractivity contribution in [2.45, 2.75) is 31.7 Å². The number of pyridine rings is 1. The van der Waals surface area contributed by atoms with Gasteiger partial charge in [0.1, 0.15) is 0 Å². The summed E-state index contributed by atoms with van der Waals surface area (Å²) < 4.78 is 0. The fraction of sp³-hybridized carbons (Fsp3) is 0.353. The van der Waals surface area contributed by atoms with Gasteiger partial charge in [0.15, 0.2) is 0 Å². The van der Waals surface area contributed by atoms with Gasteiger partial charge in [-0.15, -0.1) is 0 Å². The number of hydrogen-bond donors (Lipinski definition) is 2. The van der Waals surface area contributed by atoms with Gasteiger partial charge in [0.2, 0.25) is 0 Å². The van der Waals surface area contributed by atoms with Crippen LogP contribution in [0, 0.1) is 5.92 Å². The number of amides is 1. The number of aliphatic carboxylic acids is 1. The lowest BCUT2D eigenvalue weighted by molar-refractivity contribution is -0.143. The summed E-state index contributed by atoms with van der Waals surface area (Å²) in [6.45, 7) is 0. The fourth-order valence-corrected chi connectivity index (χ4v) is 3.07. The zero-order chi connectivity index (χ0) is 15.5. The van der Waals surface area contributed by atoms with Crippen LogP contribution >= 0.6 is 0 Å². The molecule has 0 saturated heterocycles. The molecule has 1 aromatic carbocycles. The number of carbonyl (C=O) groups is 2. The molecule has 1 amide bonds. The van der Waals surface area contributed by atoms with Crippen LogP contribution in [0.15, 0.2) is 36.5 Å². The number of nitrogens with zero attached hydrogens (tertiary/aromatic N) is 1. The normalized spacial score (nSPS) is 21.5. The highest BCUT2D eigenvalue weighted by atomic mass is 16.4. The van der Waals surface area contributed by atoms with Crippen molar-refractivity contribution in [2.75, 3.05) is 0 Å². The summed E-state index contributed by atoms with van der Waals surface area (Å²) in [5.41, 5.74) is 1.37. The Morgan fingerprint density at radius 3 is 2.82 bits per heavy atom. The van der Waals surface area contributed by atoms with Crippen molar-refractivity contribution in [3.05, 3.63) is 42.1 Å². The van der Waals surface area contributed by atoms with Gasteiger partial charge in [-0.25, -0.2) is 0 Å². The van der Waals surface area contributed by atoms with E-state index in [9.17, 15) is 14.7 Å². The van der Waals surface area contributed by atoms with Crippen molar-refractivity contribution in [3.63, 3.8) is 0 Å². The lowest BCUT2D eigenvalue weighted by Gasteiger charge is -2.29. The molecule has 1 aromatic heterocycles. The largest absolute Gasteiger partial charge is 0.481 e. The van der Waals surface area contributed by atoms with Crippen LogP contribution in [-0.4, -0.2) is 28.0 Å². The molecular weight excluding hydrogens is 280 g/mol. The quantitative estimate of drug-likeness (QED) is 0.913. The molecule has 2 aromatic rings. The van der Waals surface area contributed by atoms with Crippen molar-refractivity contribution in [2.24, 2.45) is 5.92 Å². The standard InChI is InChI=1S/C17H18N2O3/c20-16(19-15-6-2-1-5-13(15)17(21)22)12-7-8-14-11(10-12)4-3-9-18-14/h3-4,7-10,13,15H,1-2,5-6H2,(H,19,20)(H,21,22). The Bertz CT molecular complexity index is 714. The molecule has 1 heterocycles. The van der Waals surface area contributed by atoms with Gasteiger partial charge >= 0.3 is 5.97 Å². The number of nitrogens with one attached hydrogen (secondary N) is 1. The summed E-state index contributed by atoms with van der Waals surface area (Å²) in [6, 6.07) is 8.76. The van der Waals surface area contributed by atoms with Crippen LogP contribution in [0.5, 0.6) is 0 Å². The third-order valence-electron chi connectivity index (χ3n) is 4.26. The van der Waals surface area contributed by atoms with E-state index in [-0.39, 0.29) is 11.9 Å². The molecule has 3 rings (SSSR count). The maximum absolute atomic E-state index is 12.4. The Morgan fingerprint density at radius 2 is 2.00 bits per heavy atom. The zero-order valence-electron chi connectivity index (χ0n) is 12.2. The zero-order valence-corrected chi connectivity index (χ0v) is 12.2. The van der Waals surface area contributed by atoms with Crippen molar-refractivity contribution in [3.8, 4) is 0 Å². The van der Waals surface area contributed by atoms with Crippen molar-refractivity contribution >= 4 is 22.8 Å². The molecule has 1 aliphatic carbocycles. The van der Waals surface area contributed by atoms with E-state index in [2.05, 4.69) is 10.3 Å². The lowest BCUT2D eigenvalue weighted by atomic mass is 9.84. The molecule has 114 valence electrons. The topological polar surface area (TPSA) is 79.3 Å². The Kier molecular flexibility index (Phi) is 4.04. The molecule has 0 bridgehead atoms. The van der Waals surface area contributed by atoms with Crippen LogP contribution in [0.4, 0.5) is 0 Å². The molecule has 0 spiro atoms. The molecule has 1 saturated carbocycles. The van der Waals surface area contributed by atoms with E-state index in [0.717, 1.165) is 30.2 Å². The Balaban J connectivity index is 1.78. The number of hydrogen-bond acceptors (Lipinski definition) is 3. The summed E-state index contributed by atoms with van der Waals surface area (Å²) in [7, 11) is 0. The van der Waals surface area contributed by atoms with Crippen molar-refractivity contribution in [1.82, 2.24) is 10.3 Å². The molecule has 22 heavy (non-hydrogen) atoms. The van der Waals surface area contributed by atoms with Crippen LogP contribution < -0.4 is 5.32 Å². The molecule has 0 aliphatic heterocycles. The van der Waals surface area contributed by atoms with Crippen LogP contribution in [0.3, 0.4) is 0 Å². The van der Waals surface area contributed by atoms with Crippen LogP contribution in [0.1, 0.15) is 36.0 Å². The van der Waals surface area contributed by atoms with Gasteiger partial charge in [0.05, 0.1) is 11.4 Å². The van der Waals surface area contributed by atoms with Crippen LogP contribution in [0.25, 0.3) is 10.9 Å². The van der Waals surface area contributed by atoms with E-state index >= 15 is 0 Å². The maximum atomic E-state index is 12.4. The average Bonchev–Trinajstić information content (AvgIpc) is 2.54. The third-order valence-corrected chi connectivity index (χ3v) is 4.26. The number of aromatic nitrogens is 1. The smallest absolute Gasteiger partial charge is 0.308 e. The molecule has 0 radical (unpaired) electrons. The van der Waals surface area contributed by atoms with Crippen LogP contribution in [-0.2, 0) is 4.79 Å². The molecule has 1 fully saturated rings. The summed E-state index contributed by atoms with van der Waals surface area (Å²) in [6.07, 6.45) is 4.92. The predicted octanol–water partition coefficient (Wildman–Crippen LogP) is 2.61. The SMILES string of the molecule is O=C(NC1CCCCC1C(=O)O)c1ccc2ncccc2c1. The highest BCUT2D eigenvalue weighted by Gasteiger charge is 2.31. The lowest BCUT2D eigenvalue weighted by Crippen LogP contribution is -2.45. The second-order valence-corrected chi connectivity index (χ2v) is 5.72. The number of fused-ring (bicyclic) bond motifs is 1. The van der Waals surface area contributed by atoms with Gasteiger partial charge in [0, 0.05) is 23.2 Å². The minimum absolute atomic E-state index is 0.219. The number of carboxylic acids is 1. The van der Waals surface area contributed by atoms with E-state index in [4.69, 9.17) is 0 Å². The second-order valence-electron chi connectivity index (χ2n) is 5.72. The van der Waals surface area contributed by atoms with Gasteiger partial charge in [0.25, 0.3) is 5.91 Å². The monoisotopic (exact) mass is 298 g/mol. The number of carboxylic acid groups (broad SMARTS) is 1. The highest BCUT2D eigenvalue weighted by molar-refractivity contribution is 5.98. The summed E-state index contributed by atoms with van der Waals surface area (Å²) in [4.78, 5) is 27.9. The third kappa shape index (κ3) is 2.93. The average molecular weight is 298 g/mol. The predicted molar refractivity (Wildman–Crippen MR) is 82.6 cm³/mol. The second kappa shape index (κ2) is 6.13. The molecule has 2 unspecified atom stereocenters. The van der Waals surface area contributed by atoms with Gasteiger partial charge < -0.3 is 10.4 Å². The molecular formula is C17H18N2O3. The molecule has 1 aliphatic rings. The van der Waals surface area contributed by atoms with Gasteiger partial charge in [-0.1, -0.05) is 18.9 Å². The minimum atomic E-state index is -0.826. The van der Waals surface area contributed by atoms with Gasteiger partial charge in [-0.3, -0.25) is 14.6 Å². The number of benzene rings is 1. The van der Waals surface area contributed by atoms with Gasteiger partial charge in [-0.05, 0) is 37.1 Å². The summed E-state index contributed by atoms with van der Waals surface area (Å²) in [5, 5.41) is 13.1. The van der Waals surface area contributed by atoms with Crippen LogP contribution in [0.2, 0.25) is 0 Å². The molecule has 2 atom stereocenters. The van der Waals surface area contributed by atoms with Crippen molar-refractivity contribution in [1.29, 1.82) is 0 Å². The number of carbonyl (C=O) groups excluding carboxylic acids is 1. The van der Waals surface area contributed by atoms with E-state index in [1.165, 1.54) is 0 Å². The first-order valence-electron chi connectivity index (χ1n) is 7.53. The van der Waals surface area contributed by atoms with E-state index in [1.54, 1.807) is 24.4 Å². The maximum Gasteiger partial charge on any atom is 0.308 e. The van der Waals surface area contributed by atoms with Crippen molar-refractivity contribution < 1.29 is 14.7 Å². The first-order valence-corrected chi connectivity index (χ1v) is 7.53. The van der Waals surface area contributed by atoms with E-state index in [1.807, 2.05) is 12.1 Å². The summed E-state index contributed by atoms with van der Waals surface area (Å²) in [5.74, 6) is -1.53. The highest BCUT2D eigenvalue weighted by Crippen LogP contribution is 2.25. The number of rotatable bonds is 3. The fourth-order valence-electron chi connectivity index (χ4n) is 3.07. The first kappa shape index (κ1) is 14.5. The Hall–Kier alpha value is -2.43. The summed E-state index contributed by atoms with van der Waals surface area (Å²) >= 11 is 0. The Morgan fingerprint density at radius 1 is 1.18 bits per heavy atom. The van der Waals surface area contributed by atoms with E-state index in [0.29, 0.717) is 12.0 Å².